The molecule has 1 aliphatic heterocycles. The fourth-order valence-corrected chi connectivity index (χ4v) is 3.18. The normalized spacial score (nSPS) is 22.9. The average Bonchev–Trinajstić information content (AvgIpc) is 2.41. The summed E-state index contributed by atoms with van der Waals surface area (Å²) < 4.78 is 13.6. The van der Waals surface area contributed by atoms with Crippen molar-refractivity contribution in [2.75, 3.05) is 12.8 Å². The Morgan fingerprint density at radius 1 is 1.55 bits per heavy atom. The Bertz CT molecular complexity index is 495. The van der Waals surface area contributed by atoms with Gasteiger partial charge in [-0.05, 0) is 49.8 Å². The molecule has 1 saturated heterocycles. The highest BCUT2D eigenvalue weighted by Crippen LogP contribution is 2.21. The summed E-state index contributed by atoms with van der Waals surface area (Å²) >= 11 is 1.54. The molecule has 110 valence electrons. The number of hydrogen-bond acceptors (Lipinski definition) is 3. The summed E-state index contributed by atoms with van der Waals surface area (Å²) in [4.78, 5) is 14.4. The Kier molecular flexibility index (Phi) is 5.05. The van der Waals surface area contributed by atoms with E-state index in [1.165, 1.54) is 6.07 Å². The predicted octanol–water partition coefficient (Wildman–Crippen LogP) is 2.64. The van der Waals surface area contributed by atoms with Gasteiger partial charge < -0.3 is 10.6 Å². The highest BCUT2D eigenvalue weighted by molar-refractivity contribution is 7.97. The van der Waals surface area contributed by atoms with Crippen LogP contribution in [0.4, 0.5) is 4.39 Å². The number of likely N-dealkylation sites (tertiary alicyclic amines) is 1. The summed E-state index contributed by atoms with van der Waals surface area (Å²) in [6.45, 7) is 2.69. The van der Waals surface area contributed by atoms with E-state index in [-0.39, 0.29) is 23.8 Å². The first kappa shape index (κ1) is 15.3. The Morgan fingerprint density at radius 3 is 2.95 bits per heavy atom. The predicted molar refractivity (Wildman–Crippen MR) is 81.3 cm³/mol. The molecule has 1 amide bonds. The van der Waals surface area contributed by atoms with Gasteiger partial charge >= 0.3 is 0 Å². The van der Waals surface area contributed by atoms with Crippen molar-refractivity contribution in [2.45, 2.75) is 37.6 Å². The van der Waals surface area contributed by atoms with Crippen LogP contribution in [0.2, 0.25) is 0 Å². The fourth-order valence-electron chi connectivity index (χ4n) is 2.65. The maximum absolute atomic E-state index is 13.6. The number of amides is 1. The van der Waals surface area contributed by atoms with Gasteiger partial charge in [-0.15, -0.1) is 0 Å². The van der Waals surface area contributed by atoms with E-state index >= 15 is 0 Å². The first-order valence-electron chi connectivity index (χ1n) is 6.87. The van der Waals surface area contributed by atoms with E-state index in [2.05, 4.69) is 0 Å². The van der Waals surface area contributed by atoms with Crippen LogP contribution in [-0.2, 0) is 5.75 Å². The van der Waals surface area contributed by atoms with Crippen LogP contribution in [0.1, 0.15) is 35.7 Å². The maximum Gasteiger partial charge on any atom is 0.254 e. The van der Waals surface area contributed by atoms with Crippen LogP contribution in [0.25, 0.3) is 0 Å². The van der Waals surface area contributed by atoms with Crippen molar-refractivity contribution >= 4 is 17.7 Å². The van der Waals surface area contributed by atoms with Gasteiger partial charge in [-0.3, -0.25) is 4.79 Å². The van der Waals surface area contributed by atoms with Gasteiger partial charge in [0.25, 0.3) is 5.91 Å². The topological polar surface area (TPSA) is 46.3 Å². The summed E-state index contributed by atoms with van der Waals surface area (Å²) in [6, 6.07) is 4.95. The molecular formula is C15H21FN2OS. The number of halogens is 1. The molecule has 1 aliphatic rings. The van der Waals surface area contributed by atoms with Crippen molar-refractivity contribution in [3.63, 3.8) is 0 Å². The number of hydrogen-bond donors (Lipinski definition) is 1. The second-order valence-electron chi connectivity index (χ2n) is 5.37. The van der Waals surface area contributed by atoms with E-state index in [9.17, 15) is 9.18 Å². The lowest BCUT2D eigenvalue weighted by molar-refractivity contribution is 0.0619. The third kappa shape index (κ3) is 3.33. The molecule has 0 radical (unpaired) electrons. The Hall–Kier alpha value is -1.07. The molecule has 0 aromatic heterocycles. The van der Waals surface area contributed by atoms with Gasteiger partial charge in [0, 0.05) is 29.9 Å². The molecule has 0 aliphatic carbocycles. The summed E-state index contributed by atoms with van der Waals surface area (Å²) in [6.07, 6.45) is 3.57. The molecule has 5 heteroatoms. The molecule has 1 fully saturated rings. The Morgan fingerprint density at radius 2 is 2.30 bits per heavy atom. The summed E-state index contributed by atoms with van der Waals surface area (Å²) in [5.74, 6) is 0.310. The Balaban J connectivity index is 2.18. The van der Waals surface area contributed by atoms with Gasteiger partial charge in [0.2, 0.25) is 0 Å². The zero-order chi connectivity index (χ0) is 14.7. The first-order chi connectivity index (χ1) is 9.52. The molecule has 3 nitrogen and oxygen atoms in total. The second kappa shape index (κ2) is 6.59. The van der Waals surface area contributed by atoms with Crippen molar-refractivity contribution in [1.82, 2.24) is 4.90 Å². The molecule has 1 aromatic rings. The number of thioether (sulfide) groups is 1. The van der Waals surface area contributed by atoms with Gasteiger partial charge in [-0.1, -0.05) is 0 Å². The molecule has 2 atom stereocenters. The quantitative estimate of drug-likeness (QED) is 0.932. The molecule has 1 aromatic carbocycles. The highest BCUT2D eigenvalue weighted by atomic mass is 32.2. The van der Waals surface area contributed by atoms with E-state index in [4.69, 9.17) is 5.73 Å². The monoisotopic (exact) mass is 296 g/mol. The number of nitrogens with two attached hydrogens (primary N) is 1. The minimum absolute atomic E-state index is 0.0215. The van der Waals surface area contributed by atoms with Crippen molar-refractivity contribution in [3.05, 3.63) is 35.1 Å². The SMILES string of the molecule is CSCc1cc(C(=O)N2CCC(N)CC2C)ccc1F. The highest BCUT2D eigenvalue weighted by Gasteiger charge is 2.27. The van der Waals surface area contributed by atoms with E-state index in [1.54, 1.807) is 23.9 Å². The molecule has 0 spiro atoms. The Labute approximate surface area is 123 Å². The van der Waals surface area contributed by atoms with Gasteiger partial charge in [-0.2, -0.15) is 11.8 Å². The van der Waals surface area contributed by atoms with Gasteiger partial charge in [0.15, 0.2) is 0 Å². The van der Waals surface area contributed by atoms with E-state index in [0.717, 1.165) is 12.8 Å². The third-order valence-corrected chi connectivity index (χ3v) is 4.37. The van der Waals surface area contributed by atoms with E-state index in [0.29, 0.717) is 23.4 Å². The van der Waals surface area contributed by atoms with E-state index in [1.807, 2.05) is 18.1 Å². The molecular weight excluding hydrogens is 275 g/mol. The standard InChI is InChI=1S/C15H21FN2OS/c1-10-7-13(17)5-6-18(10)15(19)11-3-4-14(16)12(8-11)9-20-2/h3-4,8,10,13H,5-7,9,17H2,1-2H3. The molecule has 0 bridgehead atoms. The van der Waals surface area contributed by atoms with Crippen LogP contribution in [0.5, 0.6) is 0 Å². The van der Waals surface area contributed by atoms with Crippen molar-refractivity contribution in [1.29, 1.82) is 0 Å². The van der Waals surface area contributed by atoms with Gasteiger partial charge in [0.1, 0.15) is 5.82 Å². The van der Waals surface area contributed by atoms with E-state index < -0.39 is 0 Å². The molecule has 2 unspecified atom stereocenters. The number of carbonyl (C=O) groups is 1. The molecule has 1 heterocycles. The molecule has 0 saturated carbocycles. The largest absolute Gasteiger partial charge is 0.336 e. The maximum atomic E-state index is 13.6. The summed E-state index contributed by atoms with van der Waals surface area (Å²) in [5.41, 5.74) is 7.07. The number of benzene rings is 1. The summed E-state index contributed by atoms with van der Waals surface area (Å²) in [7, 11) is 0. The smallest absolute Gasteiger partial charge is 0.254 e. The molecule has 2 N–H and O–H groups in total. The number of piperidine rings is 1. The lowest BCUT2D eigenvalue weighted by atomic mass is 9.98. The number of carbonyl (C=O) groups excluding carboxylic acids is 1. The van der Waals surface area contributed by atoms with Crippen LogP contribution in [-0.4, -0.2) is 35.7 Å². The van der Waals surface area contributed by atoms with Gasteiger partial charge in [-0.25, -0.2) is 4.39 Å². The van der Waals surface area contributed by atoms with Crippen LogP contribution < -0.4 is 5.73 Å². The number of nitrogens with zero attached hydrogens (tertiary/aromatic N) is 1. The van der Waals surface area contributed by atoms with Crippen molar-refractivity contribution in [3.8, 4) is 0 Å². The van der Waals surface area contributed by atoms with Crippen molar-refractivity contribution in [2.24, 2.45) is 5.73 Å². The van der Waals surface area contributed by atoms with Gasteiger partial charge in [0.05, 0.1) is 0 Å². The zero-order valence-corrected chi connectivity index (χ0v) is 12.8. The molecule has 20 heavy (non-hydrogen) atoms. The van der Waals surface area contributed by atoms with Crippen LogP contribution in [0, 0.1) is 5.82 Å². The number of rotatable bonds is 3. The minimum Gasteiger partial charge on any atom is -0.336 e. The van der Waals surface area contributed by atoms with Crippen LogP contribution >= 0.6 is 11.8 Å². The fraction of sp³-hybridized carbons (Fsp3) is 0.533. The van der Waals surface area contributed by atoms with Crippen molar-refractivity contribution < 1.29 is 9.18 Å². The third-order valence-electron chi connectivity index (χ3n) is 3.77. The second-order valence-corrected chi connectivity index (χ2v) is 6.24. The zero-order valence-electron chi connectivity index (χ0n) is 11.9. The lowest BCUT2D eigenvalue weighted by Crippen LogP contribution is -2.48. The average molecular weight is 296 g/mol. The lowest BCUT2D eigenvalue weighted by Gasteiger charge is -2.36. The first-order valence-corrected chi connectivity index (χ1v) is 8.26. The summed E-state index contributed by atoms with van der Waals surface area (Å²) in [5, 5.41) is 0. The van der Waals surface area contributed by atoms with Crippen LogP contribution in [0.15, 0.2) is 18.2 Å². The van der Waals surface area contributed by atoms with Crippen LogP contribution in [0.3, 0.4) is 0 Å². The minimum atomic E-state index is -0.246. The molecule has 2 rings (SSSR count).